The number of halogens is 1. The van der Waals surface area contributed by atoms with Crippen LogP contribution in [0.5, 0.6) is 5.88 Å². The van der Waals surface area contributed by atoms with Gasteiger partial charge in [0.25, 0.3) is 0 Å². The molecule has 1 unspecified atom stereocenters. The molecule has 0 aromatic carbocycles. The number of aromatic amines is 1. The minimum absolute atomic E-state index is 0.134. The average molecular weight is 269 g/mol. The molecule has 0 radical (unpaired) electrons. The van der Waals surface area contributed by atoms with E-state index >= 15 is 0 Å². The lowest BCUT2D eigenvalue weighted by molar-refractivity contribution is -0.0116. The van der Waals surface area contributed by atoms with Crippen LogP contribution in [-0.2, 0) is 4.74 Å². The molecule has 7 heteroatoms. The highest BCUT2D eigenvalue weighted by atomic mass is 35.5. The molecule has 1 fully saturated rings. The van der Waals surface area contributed by atoms with Crippen molar-refractivity contribution in [1.82, 2.24) is 20.2 Å². The van der Waals surface area contributed by atoms with E-state index in [1.807, 2.05) is 0 Å². The van der Waals surface area contributed by atoms with Crippen LogP contribution in [0.2, 0.25) is 5.28 Å². The van der Waals surface area contributed by atoms with Gasteiger partial charge in [-0.1, -0.05) is 0 Å². The van der Waals surface area contributed by atoms with Gasteiger partial charge in [-0.25, -0.2) is 0 Å². The zero-order chi connectivity index (χ0) is 12.4. The molecule has 3 heterocycles. The number of rotatable bonds is 3. The molecular weight excluding hydrogens is 256 g/mol. The Hall–Kier alpha value is -1.40. The number of nitrogens with zero attached hydrogens (tertiary/aromatic N) is 3. The zero-order valence-corrected chi connectivity index (χ0v) is 10.5. The fraction of sp³-hybridized carbons (Fsp3) is 0.545. The Balaban J connectivity index is 1.75. The number of hydrogen-bond acceptors (Lipinski definition) is 5. The highest BCUT2D eigenvalue weighted by Crippen LogP contribution is 2.23. The standard InChI is InChI=1S/C11H13ClN4O2/c12-11-14-9-8(5-13-16-9)10(15-11)18-6-7-3-1-2-4-17-7/h5,7H,1-4,6H2,(H,13,14,15,16). The Labute approximate surface area is 109 Å². The van der Waals surface area contributed by atoms with Crippen molar-refractivity contribution in [3.63, 3.8) is 0 Å². The Morgan fingerprint density at radius 2 is 2.39 bits per heavy atom. The number of nitrogens with one attached hydrogen (secondary N) is 1. The third kappa shape index (κ3) is 2.39. The van der Waals surface area contributed by atoms with Crippen molar-refractivity contribution in [2.24, 2.45) is 0 Å². The van der Waals surface area contributed by atoms with E-state index in [1.165, 1.54) is 6.42 Å². The molecule has 1 N–H and O–H groups in total. The summed E-state index contributed by atoms with van der Waals surface area (Å²) in [6, 6.07) is 0. The molecule has 0 spiro atoms. The van der Waals surface area contributed by atoms with Crippen molar-refractivity contribution in [1.29, 1.82) is 0 Å². The first-order valence-corrected chi connectivity index (χ1v) is 6.32. The quantitative estimate of drug-likeness (QED) is 0.862. The van der Waals surface area contributed by atoms with Gasteiger partial charge < -0.3 is 9.47 Å². The van der Waals surface area contributed by atoms with Crippen molar-refractivity contribution >= 4 is 22.6 Å². The molecule has 0 aliphatic carbocycles. The summed E-state index contributed by atoms with van der Waals surface area (Å²) < 4.78 is 11.3. The molecule has 0 bridgehead atoms. The minimum atomic E-state index is 0.134. The van der Waals surface area contributed by atoms with Crippen LogP contribution in [0, 0.1) is 0 Å². The summed E-state index contributed by atoms with van der Waals surface area (Å²) >= 11 is 5.82. The first-order chi connectivity index (χ1) is 8.83. The van der Waals surface area contributed by atoms with Gasteiger partial charge in [-0.2, -0.15) is 15.1 Å². The van der Waals surface area contributed by atoms with E-state index in [-0.39, 0.29) is 11.4 Å². The predicted octanol–water partition coefficient (Wildman–Crippen LogP) is 1.95. The molecule has 1 aliphatic rings. The van der Waals surface area contributed by atoms with Crippen molar-refractivity contribution in [2.45, 2.75) is 25.4 Å². The Morgan fingerprint density at radius 3 is 3.22 bits per heavy atom. The Bertz CT molecular complexity index is 539. The van der Waals surface area contributed by atoms with Crippen LogP contribution in [0.15, 0.2) is 6.20 Å². The van der Waals surface area contributed by atoms with Crippen LogP contribution in [0.3, 0.4) is 0 Å². The van der Waals surface area contributed by atoms with E-state index in [0.29, 0.717) is 18.1 Å². The minimum Gasteiger partial charge on any atom is -0.474 e. The second-order valence-corrected chi connectivity index (χ2v) is 4.57. The van der Waals surface area contributed by atoms with Gasteiger partial charge in [0, 0.05) is 6.61 Å². The van der Waals surface area contributed by atoms with Crippen LogP contribution in [0.25, 0.3) is 11.0 Å². The third-order valence-corrected chi connectivity index (χ3v) is 3.10. The fourth-order valence-electron chi connectivity index (χ4n) is 2.00. The van der Waals surface area contributed by atoms with Crippen molar-refractivity contribution in [3.8, 4) is 5.88 Å². The van der Waals surface area contributed by atoms with Gasteiger partial charge in [0.2, 0.25) is 11.2 Å². The van der Waals surface area contributed by atoms with Gasteiger partial charge >= 0.3 is 0 Å². The summed E-state index contributed by atoms with van der Waals surface area (Å²) in [6.07, 6.45) is 5.09. The number of ether oxygens (including phenoxy) is 2. The highest BCUT2D eigenvalue weighted by Gasteiger charge is 2.16. The van der Waals surface area contributed by atoms with E-state index in [4.69, 9.17) is 21.1 Å². The fourth-order valence-corrected chi connectivity index (χ4v) is 2.16. The summed E-state index contributed by atoms with van der Waals surface area (Å²) in [5.41, 5.74) is 0.578. The monoisotopic (exact) mass is 268 g/mol. The molecule has 3 rings (SSSR count). The lowest BCUT2D eigenvalue weighted by Crippen LogP contribution is -2.26. The van der Waals surface area contributed by atoms with Crippen LogP contribution < -0.4 is 4.74 Å². The largest absolute Gasteiger partial charge is 0.474 e. The highest BCUT2D eigenvalue weighted by molar-refractivity contribution is 6.28. The lowest BCUT2D eigenvalue weighted by Gasteiger charge is -2.22. The molecule has 0 amide bonds. The number of hydrogen-bond donors (Lipinski definition) is 1. The van der Waals surface area contributed by atoms with Gasteiger partial charge in [-0.05, 0) is 30.9 Å². The Morgan fingerprint density at radius 1 is 1.44 bits per heavy atom. The van der Waals surface area contributed by atoms with Crippen LogP contribution in [0.1, 0.15) is 19.3 Å². The van der Waals surface area contributed by atoms with Gasteiger partial charge in [0.15, 0.2) is 5.65 Å². The summed E-state index contributed by atoms with van der Waals surface area (Å²) in [4.78, 5) is 8.09. The summed E-state index contributed by atoms with van der Waals surface area (Å²) in [7, 11) is 0. The number of fused-ring (bicyclic) bond motifs is 1. The SMILES string of the molecule is Clc1nc(OCC2CCCCO2)c2cn[nH]c2n1. The van der Waals surface area contributed by atoms with Crippen LogP contribution in [-0.4, -0.2) is 39.5 Å². The maximum atomic E-state index is 5.82. The summed E-state index contributed by atoms with van der Waals surface area (Å²) in [5.74, 6) is 0.452. The first-order valence-electron chi connectivity index (χ1n) is 5.94. The maximum Gasteiger partial charge on any atom is 0.229 e. The number of aromatic nitrogens is 4. The number of H-pyrrole nitrogens is 1. The first kappa shape index (κ1) is 11.7. The maximum absolute atomic E-state index is 5.82. The van der Waals surface area contributed by atoms with Crippen LogP contribution >= 0.6 is 11.6 Å². The average Bonchev–Trinajstić information content (AvgIpc) is 2.85. The Kier molecular flexibility index (Phi) is 3.29. The second-order valence-electron chi connectivity index (χ2n) is 4.23. The summed E-state index contributed by atoms with van der Waals surface area (Å²) in [6.45, 7) is 1.29. The van der Waals surface area contributed by atoms with Gasteiger partial charge in [-0.15, -0.1) is 0 Å². The molecule has 1 atom stereocenters. The van der Waals surface area contributed by atoms with E-state index in [0.717, 1.165) is 24.8 Å². The molecule has 6 nitrogen and oxygen atoms in total. The molecule has 1 aliphatic heterocycles. The van der Waals surface area contributed by atoms with Crippen molar-refractivity contribution in [3.05, 3.63) is 11.5 Å². The molecule has 1 saturated heterocycles. The van der Waals surface area contributed by atoms with E-state index < -0.39 is 0 Å². The molecule has 0 saturated carbocycles. The third-order valence-electron chi connectivity index (χ3n) is 2.93. The molecule has 96 valence electrons. The van der Waals surface area contributed by atoms with Crippen molar-refractivity contribution in [2.75, 3.05) is 13.2 Å². The molecule has 2 aromatic heterocycles. The smallest absolute Gasteiger partial charge is 0.229 e. The molecular formula is C11H13ClN4O2. The van der Waals surface area contributed by atoms with Gasteiger partial charge in [0.05, 0.1) is 12.3 Å². The normalized spacial score (nSPS) is 20.2. The van der Waals surface area contributed by atoms with Gasteiger partial charge in [0.1, 0.15) is 12.0 Å². The van der Waals surface area contributed by atoms with Gasteiger partial charge in [-0.3, -0.25) is 5.10 Å². The summed E-state index contributed by atoms with van der Waals surface area (Å²) in [5, 5.41) is 7.52. The predicted molar refractivity (Wildman–Crippen MR) is 65.8 cm³/mol. The topological polar surface area (TPSA) is 72.9 Å². The van der Waals surface area contributed by atoms with Crippen molar-refractivity contribution < 1.29 is 9.47 Å². The lowest BCUT2D eigenvalue weighted by atomic mass is 10.1. The molecule has 2 aromatic rings. The van der Waals surface area contributed by atoms with Crippen LogP contribution in [0.4, 0.5) is 0 Å². The van der Waals surface area contributed by atoms with E-state index in [9.17, 15) is 0 Å². The molecule has 18 heavy (non-hydrogen) atoms. The van der Waals surface area contributed by atoms with E-state index in [2.05, 4.69) is 20.2 Å². The van der Waals surface area contributed by atoms with E-state index in [1.54, 1.807) is 6.20 Å². The second kappa shape index (κ2) is 5.07. The zero-order valence-electron chi connectivity index (χ0n) is 9.73.